The van der Waals surface area contributed by atoms with Crippen molar-refractivity contribution in [2.24, 2.45) is 0 Å². The fourth-order valence-corrected chi connectivity index (χ4v) is 1.87. The third-order valence-corrected chi connectivity index (χ3v) is 2.80. The zero-order valence-electron chi connectivity index (χ0n) is 9.82. The van der Waals surface area contributed by atoms with Crippen LogP contribution in [-0.4, -0.2) is 31.0 Å². The van der Waals surface area contributed by atoms with Crippen molar-refractivity contribution in [2.45, 2.75) is 0 Å². The molecule has 2 rings (SSSR count). The maximum Gasteiger partial charge on any atom is 0.255 e. The van der Waals surface area contributed by atoms with Gasteiger partial charge < -0.3 is 14.5 Å². The summed E-state index contributed by atoms with van der Waals surface area (Å²) in [5, 5.41) is 4.43. The fraction of sp³-hybridized carbons (Fsp3) is 0.308. The van der Waals surface area contributed by atoms with Crippen LogP contribution in [0.3, 0.4) is 0 Å². The van der Waals surface area contributed by atoms with Crippen LogP contribution in [0, 0.1) is 0 Å². The number of ether oxygens (including phenoxy) is 1. The summed E-state index contributed by atoms with van der Waals surface area (Å²) >= 11 is 3.26. The number of para-hydroxylation sites is 1. The minimum absolute atomic E-state index is 0.137. The van der Waals surface area contributed by atoms with Gasteiger partial charge in [-0.3, -0.25) is 4.79 Å². The number of nitrogens with one attached hydrogen (secondary N) is 1. The summed E-state index contributed by atoms with van der Waals surface area (Å²) in [7, 11) is 0. The summed E-state index contributed by atoms with van der Waals surface area (Å²) < 4.78 is 10.6. The molecule has 0 spiro atoms. The average molecular weight is 312 g/mol. The average Bonchev–Trinajstić information content (AvgIpc) is 2.82. The van der Waals surface area contributed by atoms with Crippen molar-refractivity contribution in [1.29, 1.82) is 0 Å². The third kappa shape index (κ3) is 3.11. The van der Waals surface area contributed by atoms with E-state index in [4.69, 9.17) is 9.15 Å². The maximum atomic E-state index is 11.9. The first-order valence-corrected chi connectivity index (χ1v) is 6.83. The van der Waals surface area contributed by atoms with Gasteiger partial charge in [0.15, 0.2) is 0 Å². The molecule has 0 saturated carbocycles. The Morgan fingerprint density at radius 3 is 3.00 bits per heavy atom. The van der Waals surface area contributed by atoms with Crippen LogP contribution < -0.4 is 5.32 Å². The number of furan rings is 1. The first-order chi connectivity index (χ1) is 8.83. The van der Waals surface area contributed by atoms with Crippen LogP contribution in [0.5, 0.6) is 0 Å². The van der Waals surface area contributed by atoms with E-state index < -0.39 is 0 Å². The molecule has 1 heterocycles. The molecule has 1 aromatic heterocycles. The Balaban J connectivity index is 1.93. The van der Waals surface area contributed by atoms with Crippen molar-refractivity contribution >= 4 is 32.8 Å². The van der Waals surface area contributed by atoms with Crippen molar-refractivity contribution in [3.63, 3.8) is 0 Å². The zero-order chi connectivity index (χ0) is 12.8. The van der Waals surface area contributed by atoms with Crippen LogP contribution in [0.15, 0.2) is 34.9 Å². The molecule has 0 aliphatic rings. The molecule has 0 aliphatic carbocycles. The number of benzene rings is 1. The van der Waals surface area contributed by atoms with E-state index in [0.717, 1.165) is 16.3 Å². The van der Waals surface area contributed by atoms with E-state index in [1.165, 1.54) is 6.26 Å². The van der Waals surface area contributed by atoms with Crippen molar-refractivity contribution in [1.82, 2.24) is 5.32 Å². The van der Waals surface area contributed by atoms with Gasteiger partial charge in [0.25, 0.3) is 5.91 Å². The number of alkyl halides is 1. The first-order valence-electron chi connectivity index (χ1n) is 5.71. The summed E-state index contributed by atoms with van der Waals surface area (Å²) in [6, 6.07) is 7.47. The molecule has 0 saturated heterocycles. The van der Waals surface area contributed by atoms with Gasteiger partial charge in [-0.2, -0.15) is 0 Å². The monoisotopic (exact) mass is 311 g/mol. The van der Waals surface area contributed by atoms with Crippen molar-refractivity contribution in [3.8, 4) is 0 Å². The van der Waals surface area contributed by atoms with Crippen LogP contribution in [0.2, 0.25) is 0 Å². The number of fused-ring (bicyclic) bond motifs is 1. The largest absolute Gasteiger partial charge is 0.463 e. The molecule has 5 heteroatoms. The number of amides is 1. The fourth-order valence-electron chi connectivity index (χ4n) is 1.64. The molecule has 0 fully saturated rings. The van der Waals surface area contributed by atoms with Crippen LogP contribution in [0.4, 0.5) is 0 Å². The van der Waals surface area contributed by atoms with Crippen LogP contribution in [0.1, 0.15) is 10.4 Å². The molecule has 2 aromatic rings. The van der Waals surface area contributed by atoms with Gasteiger partial charge in [0.1, 0.15) is 11.8 Å². The SMILES string of the molecule is O=C(NCCOCCBr)c1coc2ccccc12. The lowest BCUT2D eigenvalue weighted by molar-refractivity contribution is 0.0925. The number of halogens is 1. The standard InChI is InChI=1S/C13H14BrNO3/c14-5-7-17-8-6-15-13(16)11-9-18-12-4-2-1-3-10(11)12/h1-4,9H,5-8H2,(H,15,16). The van der Waals surface area contributed by atoms with E-state index in [2.05, 4.69) is 21.2 Å². The zero-order valence-corrected chi connectivity index (χ0v) is 11.4. The lowest BCUT2D eigenvalue weighted by atomic mass is 10.1. The Morgan fingerprint density at radius 1 is 1.33 bits per heavy atom. The Hall–Kier alpha value is -1.33. The molecule has 1 amide bonds. The summed E-state index contributed by atoms with van der Waals surface area (Å²) in [5.41, 5.74) is 1.28. The second-order valence-corrected chi connectivity index (χ2v) is 4.50. The lowest BCUT2D eigenvalue weighted by Crippen LogP contribution is -2.27. The molecule has 0 aliphatic heterocycles. The van der Waals surface area contributed by atoms with Gasteiger partial charge in [-0.05, 0) is 6.07 Å². The molecule has 96 valence electrons. The number of rotatable bonds is 6. The summed E-state index contributed by atoms with van der Waals surface area (Å²) in [4.78, 5) is 11.9. The second kappa shape index (κ2) is 6.56. The van der Waals surface area contributed by atoms with Gasteiger partial charge in [0.2, 0.25) is 0 Å². The number of hydrogen-bond donors (Lipinski definition) is 1. The highest BCUT2D eigenvalue weighted by molar-refractivity contribution is 9.09. The minimum Gasteiger partial charge on any atom is -0.463 e. The molecule has 1 aromatic carbocycles. The Bertz CT molecular complexity index is 524. The van der Waals surface area contributed by atoms with Gasteiger partial charge in [0.05, 0.1) is 18.8 Å². The van der Waals surface area contributed by atoms with Crippen LogP contribution in [-0.2, 0) is 4.74 Å². The number of carbonyl (C=O) groups is 1. The van der Waals surface area contributed by atoms with E-state index in [-0.39, 0.29) is 5.91 Å². The summed E-state index contributed by atoms with van der Waals surface area (Å²) in [6.45, 7) is 1.64. The normalized spacial score (nSPS) is 10.7. The Morgan fingerprint density at radius 2 is 2.17 bits per heavy atom. The minimum atomic E-state index is -0.137. The predicted octanol–water partition coefficient (Wildman–Crippen LogP) is 2.57. The van der Waals surface area contributed by atoms with E-state index in [0.29, 0.717) is 25.3 Å². The molecule has 0 radical (unpaired) electrons. The van der Waals surface area contributed by atoms with E-state index in [9.17, 15) is 4.79 Å². The molecule has 18 heavy (non-hydrogen) atoms. The topological polar surface area (TPSA) is 51.5 Å². The molecule has 1 N–H and O–H groups in total. The van der Waals surface area contributed by atoms with Crippen molar-refractivity contribution in [3.05, 3.63) is 36.1 Å². The van der Waals surface area contributed by atoms with Crippen LogP contribution in [0.25, 0.3) is 11.0 Å². The smallest absolute Gasteiger partial charge is 0.255 e. The molecule has 0 unspecified atom stereocenters. The Labute approximate surface area is 113 Å². The quantitative estimate of drug-likeness (QED) is 0.659. The molecular weight excluding hydrogens is 298 g/mol. The van der Waals surface area contributed by atoms with Crippen LogP contribution >= 0.6 is 15.9 Å². The van der Waals surface area contributed by atoms with Crippen molar-refractivity contribution < 1.29 is 13.9 Å². The lowest BCUT2D eigenvalue weighted by Gasteiger charge is -2.04. The molecule has 0 bridgehead atoms. The van der Waals surface area contributed by atoms with Crippen molar-refractivity contribution in [2.75, 3.05) is 25.1 Å². The first kappa shape index (κ1) is 13.1. The van der Waals surface area contributed by atoms with E-state index >= 15 is 0 Å². The third-order valence-electron chi connectivity index (χ3n) is 2.48. The summed E-state index contributed by atoms with van der Waals surface area (Å²) in [6.07, 6.45) is 1.49. The highest BCUT2D eigenvalue weighted by atomic mass is 79.9. The number of hydrogen-bond acceptors (Lipinski definition) is 3. The maximum absolute atomic E-state index is 11.9. The second-order valence-electron chi connectivity index (χ2n) is 3.70. The van der Waals surface area contributed by atoms with Gasteiger partial charge in [-0.25, -0.2) is 0 Å². The van der Waals surface area contributed by atoms with E-state index in [1.807, 2.05) is 24.3 Å². The molecule has 0 atom stereocenters. The van der Waals surface area contributed by atoms with E-state index in [1.54, 1.807) is 0 Å². The summed E-state index contributed by atoms with van der Waals surface area (Å²) in [5.74, 6) is -0.137. The predicted molar refractivity (Wildman–Crippen MR) is 73.2 cm³/mol. The van der Waals surface area contributed by atoms with Gasteiger partial charge in [-0.1, -0.05) is 34.1 Å². The highest BCUT2D eigenvalue weighted by Gasteiger charge is 2.12. The van der Waals surface area contributed by atoms with Gasteiger partial charge in [-0.15, -0.1) is 0 Å². The van der Waals surface area contributed by atoms with Gasteiger partial charge >= 0.3 is 0 Å². The van der Waals surface area contributed by atoms with Gasteiger partial charge in [0, 0.05) is 17.3 Å². The Kier molecular flexibility index (Phi) is 4.78. The highest BCUT2D eigenvalue weighted by Crippen LogP contribution is 2.20. The molecule has 4 nitrogen and oxygen atoms in total. The molecular formula is C13H14BrNO3. The number of carbonyl (C=O) groups excluding carboxylic acids is 1.